The van der Waals surface area contributed by atoms with Crippen LogP contribution in [0.15, 0.2) is 18.2 Å². The van der Waals surface area contributed by atoms with E-state index >= 15 is 0 Å². The lowest BCUT2D eigenvalue weighted by molar-refractivity contribution is -0.130. The fourth-order valence-corrected chi connectivity index (χ4v) is 1.31. The Labute approximate surface area is 101 Å². The molecule has 1 amide bonds. The lowest BCUT2D eigenvalue weighted by Crippen LogP contribution is -2.27. The predicted octanol–water partition coefficient (Wildman–Crippen LogP) is 1.90. The third-order valence-corrected chi connectivity index (χ3v) is 2.41. The first-order valence-corrected chi connectivity index (χ1v) is 5.36. The largest absolute Gasteiger partial charge is 0.481 e. The van der Waals surface area contributed by atoms with Gasteiger partial charge in [-0.3, -0.25) is 4.79 Å². The van der Waals surface area contributed by atoms with Gasteiger partial charge in [0.05, 0.1) is 0 Å². The summed E-state index contributed by atoms with van der Waals surface area (Å²) in [6, 6.07) is 4.59. The van der Waals surface area contributed by atoms with Gasteiger partial charge in [0.1, 0.15) is 0 Å². The Morgan fingerprint density at radius 2 is 2.20 bits per heavy atom. The Morgan fingerprint density at radius 1 is 1.53 bits per heavy atom. The van der Waals surface area contributed by atoms with Gasteiger partial charge in [-0.05, 0) is 40.8 Å². The van der Waals surface area contributed by atoms with Gasteiger partial charge in [0.15, 0.2) is 18.2 Å². The topological polar surface area (TPSA) is 29.5 Å². The average molecular weight is 323 g/mol. The highest BCUT2D eigenvalue weighted by molar-refractivity contribution is 14.1. The van der Waals surface area contributed by atoms with Crippen molar-refractivity contribution >= 4 is 28.5 Å². The molecule has 0 spiro atoms. The molecular weight excluding hydrogens is 312 g/mol. The molecule has 0 bridgehead atoms. The van der Waals surface area contributed by atoms with Gasteiger partial charge >= 0.3 is 0 Å². The van der Waals surface area contributed by atoms with Crippen molar-refractivity contribution in [2.24, 2.45) is 0 Å². The predicted molar refractivity (Wildman–Crippen MR) is 63.3 cm³/mol. The highest BCUT2D eigenvalue weighted by atomic mass is 127. The van der Waals surface area contributed by atoms with Crippen LogP contribution in [0.2, 0.25) is 0 Å². The summed E-state index contributed by atoms with van der Waals surface area (Å²) in [6.45, 7) is -0.148. The van der Waals surface area contributed by atoms with Gasteiger partial charge < -0.3 is 9.64 Å². The molecule has 0 atom stereocenters. The fraction of sp³-hybridized carbons (Fsp3) is 0.300. The number of nitrogens with zero attached hydrogens (tertiary/aromatic N) is 1. The molecule has 5 heteroatoms. The third kappa shape index (κ3) is 3.65. The van der Waals surface area contributed by atoms with Crippen LogP contribution in [-0.4, -0.2) is 31.5 Å². The summed E-state index contributed by atoms with van der Waals surface area (Å²) in [5.41, 5.74) is 0. The van der Waals surface area contributed by atoms with E-state index in [4.69, 9.17) is 4.74 Å². The molecule has 0 saturated heterocycles. The van der Waals surface area contributed by atoms with Crippen LogP contribution in [0.25, 0.3) is 0 Å². The highest BCUT2D eigenvalue weighted by Gasteiger charge is 2.08. The van der Waals surface area contributed by atoms with Crippen LogP contribution in [0.3, 0.4) is 0 Å². The number of likely N-dealkylation sites (N-methyl/N-ethyl adjacent to an activating group) is 1. The van der Waals surface area contributed by atoms with E-state index in [1.54, 1.807) is 20.2 Å². The van der Waals surface area contributed by atoms with Crippen LogP contribution in [0.4, 0.5) is 4.39 Å². The normalized spacial score (nSPS) is 9.87. The molecule has 0 aromatic heterocycles. The van der Waals surface area contributed by atoms with E-state index in [9.17, 15) is 9.18 Å². The van der Waals surface area contributed by atoms with E-state index in [-0.39, 0.29) is 18.3 Å². The highest BCUT2D eigenvalue weighted by Crippen LogP contribution is 2.19. The van der Waals surface area contributed by atoms with Crippen LogP contribution in [0.5, 0.6) is 5.75 Å². The molecule has 0 aliphatic rings. The molecule has 0 fully saturated rings. The Morgan fingerprint density at radius 3 is 2.73 bits per heavy atom. The maximum atomic E-state index is 13.2. The maximum absolute atomic E-state index is 13.2. The summed E-state index contributed by atoms with van der Waals surface area (Å²) >= 11 is 2.00. The van der Waals surface area contributed by atoms with E-state index in [1.807, 2.05) is 22.6 Å². The van der Waals surface area contributed by atoms with Crippen molar-refractivity contribution in [3.63, 3.8) is 0 Å². The Bertz CT molecular complexity index is 368. The van der Waals surface area contributed by atoms with Gasteiger partial charge in [-0.25, -0.2) is 4.39 Å². The second-order valence-corrected chi connectivity index (χ2v) is 4.40. The second kappa shape index (κ2) is 5.29. The van der Waals surface area contributed by atoms with Crippen LogP contribution in [-0.2, 0) is 4.79 Å². The molecular formula is C10H11FINO2. The number of carbonyl (C=O) groups excluding carboxylic acids is 1. The Balaban J connectivity index is 2.62. The van der Waals surface area contributed by atoms with Gasteiger partial charge in [-0.15, -0.1) is 0 Å². The van der Waals surface area contributed by atoms with E-state index in [0.717, 1.165) is 3.57 Å². The standard InChI is InChI=1S/C10H11FINO2/c1-13(2)10(14)6-15-9-4-3-7(12)5-8(9)11/h3-5H,6H2,1-2H3. The lowest BCUT2D eigenvalue weighted by Gasteiger charge is -2.11. The molecule has 0 saturated carbocycles. The first-order valence-electron chi connectivity index (χ1n) is 4.28. The molecule has 1 aromatic carbocycles. The number of benzene rings is 1. The zero-order valence-corrected chi connectivity index (χ0v) is 10.6. The minimum absolute atomic E-state index is 0.102. The molecule has 0 unspecified atom stereocenters. The SMILES string of the molecule is CN(C)C(=O)COc1ccc(I)cc1F. The van der Waals surface area contributed by atoms with Crippen molar-refractivity contribution in [2.75, 3.05) is 20.7 Å². The zero-order valence-electron chi connectivity index (χ0n) is 8.46. The number of carbonyl (C=O) groups is 1. The summed E-state index contributed by atoms with van der Waals surface area (Å²) in [6.07, 6.45) is 0. The number of halogens is 2. The van der Waals surface area contributed by atoms with Crippen molar-refractivity contribution in [1.29, 1.82) is 0 Å². The van der Waals surface area contributed by atoms with Crippen LogP contribution in [0, 0.1) is 9.39 Å². The fourth-order valence-electron chi connectivity index (χ4n) is 0.861. The number of amides is 1. The molecule has 0 N–H and O–H groups in total. The van der Waals surface area contributed by atoms with Gasteiger partial charge in [0.25, 0.3) is 5.91 Å². The summed E-state index contributed by atoms with van der Waals surface area (Å²) in [7, 11) is 3.24. The van der Waals surface area contributed by atoms with Gasteiger partial charge in [0, 0.05) is 17.7 Å². The van der Waals surface area contributed by atoms with Crippen LogP contribution < -0.4 is 4.74 Å². The minimum atomic E-state index is -0.451. The molecule has 0 radical (unpaired) electrons. The summed E-state index contributed by atoms with van der Waals surface area (Å²) in [4.78, 5) is 12.6. The van der Waals surface area contributed by atoms with E-state index in [1.165, 1.54) is 17.0 Å². The first kappa shape index (κ1) is 12.2. The number of rotatable bonds is 3. The van der Waals surface area contributed by atoms with Gasteiger partial charge in [-0.1, -0.05) is 0 Å². The Kier molecular flexibility index (Phi) is 4.31. The molecule has 0 aliphatic carbocycles. The van der Waals surface area contributed by atoms with Crippen LogP contribution in [0.1, 0.15) is 0 Å². The van der Waals surface area contributed by atoms with E-state index in [0.29, 0.717) is 0 Å². The van der Waals surface area contributed by atoms with Crippen molar-refractivity contribution in [1.82, 2.24) is 4.90 Å². The smallest absolute Gasteiger partial charge is 0.259 e. The van der Waals surface area contributed by atoms with Crippen LogP contribution >= 0.6 is 22.6 Å². The quantitative estimate of drug-likeness (QED) is 0.795. The molecule has 82 valence electrons. The molecule has 0 heterocycles. The number of hydrogen-bond donors (Lipinski definition) is 0. The molecule has 1 rings (SSSR count). The maximum Gasteiger partial charge on any atom is 0.259 e. The molecule has 15 heavy (non-hydrogen) atoms. The van der Waals surface area contributed by atoms with Crippen molar-refractivity contribution in [3.8, 4) is 5.75 Å². The molecule has 1 aromatic rings. The van der Waals surface area contributed by atoms with Gasteiger partial charge in [0.2, 0.25) is 0 Å². The van der Waals surface area contributed by atoms with Gasteiger partial charge in [-0.2, -0.15) is 0 Å². The molecule has 0 aliphatic heterocycles. The monoisotopic (exact) mass is 323 g/mol. The zero-order chi connectivity index (χ0) is 11.4. The third-order valence-electron chi connectivity index (χ3n) is 1.74. The molecule has 3 nitrogen and oxygen atoms in total. The van der Waals surface area contributed by atoms with Crippen molar-refractivity contribution in [3.05, 3.63) is 27.6 Å². The second-order valence-electron chi connectivity index (χ2n) is 3.15. The van der Waals surface area contributed by atoms with E-state index in [2.05, 4.69) is 0 Å². The van der Waals surface area contributed by atoms with E-state index < -0.39 is 5.82 Å². The summed E-state index contributed by atoms with van der Waals surface area (Å²) in [5.74, 6) is -0.549. The lowest BCUT2D eigenvalue weighted by atomic mass is 10.3. The average Bonchev–Trinajstić information content (AvgIpc) is 2.15. The minimum Gasteiger partial charge on any atom is -0.481 e. The summed E-state index contributed by atoms with van der Waals surface area (Å²) < 4.78 is 19.1. The number of ether oxygens (including phenoxy) is 1. The van der Waals surface area contributed by atoms with Crippen molar-refractivity contribution < 1.29 is 13.9 Å². The Hall–Kier alpha value is -0.850. The van der Waals surface area contributed by atoms with Crippen molar-refractivity contribution in [2.45, 2.75) is 0 Å². The first-order chi connectivity index (χ1) is 7.00. The number of hydrogen-bond acceptors (Lipinski definition) is 2. The summed E-state index contributed by atoms with van der Waals surface area (Å²) in [5, 5.41) is 0.